The lowest BCUT2D eigenvalue weighted by Crippen LogP contribution is -2.17. The quantitative estimate of drug-likeness (QED) is 0.319. The number of hydrogen-bond acceptors (Lipinski definition) is 7. The molecule has 1 aliphatic rings. The van der Waals surface area contributed by atoms with Gasteiger partial charge in [0.25, 0.3) is 0 Å². The highest BCUT2D eigenvalue weighted by atomic mass is 79.9. The molecule has 0 radical (unpaired) electrons. The molecule has 4 rings (SSSR count). The molecule has 0 spiro atoms. The molecule has 1 atom stereocenters. The lowest BCUT2D eigenvalue weighted by molar-refractivity contribution is 0.225. The number of fused-ring (bicyclic) bond motifs is 3. The highest BCUT2D eigenvalue weighted by Gasteiger charge is 2.26. The van der Waals surface area contributed by atoms with Gasteiger partial charge in [-0.05, 0) is 48.9 Å². The summed E-state index contributed by atoms with van der Waals surface area (Å²) in [7, 11) is 1.65. The predicted octanol–water partition coefficient (Wildman–Crippen LogP) is 6.10. The van der Waals surface area contributed by atoms with Crippen molar-refractivity contribution in [3.8, 4) is 22.9 Å². The number of rotatable bonds is 7. The van der Waals surface area contributed by atoms with Crippen molar-refractivity contribution in [1.29, 1.82) is 0 Å². The minimum Gasteiger partial charge on any atom is -0.497 e. The van der Waals surface area contributed by atoms with Crippen molar-refractivity contribution in [3.05, 3.63) is 52.5 Å². The zero-order chi connectivity index (χ0) is 20.9. The molecule has 0 saturated heterocycles. The zero-order valence-corrected chi connectivity index (χ0v) is 19.3. The first-order valence-corrected chi connectivity index (χ1v) is 11.7. The summed E-state index contributed by atoms with van der Waals surface area (Å²) in [6.45, 7) is 2.20. The average Bonchev–Trinajstić information content (AvgIpc) is 2.93. The fourth-order valence-electron chi connectivity index (χ4n) is 3.18. The Labute approximate surface area is 188 Å². The van der Waals surface area contributed by atoms with Crippen LogP contribution in [0, 0.1) is 0 Å². The molecule has 1 N–H and O–H groups in total. The summed E-state index contributed by atoms with van der Waals surface area (Å²) in [6.07, 6.45) is 3.11. The molecular formula is C22H23BrN4O2S. The van der Waals surface area contributed by atoms with Gasteiger partial charge >= 0.3 is 0 Å². The second-order valence-corrected chi connectivity index (χ2v) is 8.89. The van der Waals surface area contributed by atoms with Crippen LogP contribution in [0.5, 0.6) is 11.6 Å². The van der Waals surface area contributed by atoms with Crippen molar-refractivity contribution in [1.82, 2.24) is 15.2 Å². The minimum absolute atomic E-state index is 0.410. The summed E-state index contributed by atoms with van der Waals surface area (Å²) < 4.78 is 12.5. The van der Waals surface area contributed by atoms with Crippen LogP contribution < -0.4 is 14.8 Å². The number of thioether (sulfide) groups is 1. The van der Waals surface area contributed by atoms with Crippen LogP contribution in [0.25, 0.3) is 11.3 Å². The summed E-state index contributed by atoms with van der Waals surface area (Å²) in [6, 6.07) is 13.8. The van der Waals surface area contributed by atoms with Crippen molar-refractivity contribution >= 4 is 33.4 Å². The summed E-state index contributed by atoms with van der Waals surface area (Å²) in [4.78, 5) is 4.70. The van der Waals surface area contributed by atoms with Crippen LogP contribution in [-0.4, -0.2) is 28.0 Å². The molecule has 0 fully saturated rings. The van der Waals surface area contributed by atoms with Crippen molar-refractivity contribution in [2.24, 2.45) is 0 Å². The number of anilines is 1. The van der Waals surface area contributed by atoms with Gasteiger partial charge in [-0.2, -0.15) is 4.98 Å². The third kappa shape index (κ3) is 4.70. The zero-order valence-electron chi connectivity index (χ0n) is 16.9. The molecule has 0 aliphatic carbocycles. The maximum atomic E-state index is 6.31. The van der Waals surface area contributed by atoms with Crippen molar-refractivity contribution in [2.45, 2.75) is 37.6 Å². The number of nitrogens with zero attached hydrogens (tertiary/aromatic N) is 3. The number of unbranched alkanes of at least 4 members (excludes halogenated alkanes) is 2. The number of ether oxygens (including phenoxy) is 2. The molecule has 30 heavy (non-hydrogen) atoms. The maximum absolute atomic E-state index is 6.31. The Kier molecular flexibility index (Phi) is 6.74. The second kappa shape index (κ2) is 9.66. The lowest BCUT2D eigenvalue weighted by Gasteiger charge is -2.19. The third-order valence-corrected chi connectivity index (χ3v) is 6.20. The van der Waals surface area contributed by atoms with Crippen molar-refractivity contribution < 1.29 is 9.47 Å². The van der Waals surface area contributed by atoms with Gasteiger partial charge < -0.3 is 14.8 Å². The summed E-state index contributed by atoms with van der Waals surface area (Å²) in [5.41, 5.74) is 3.41. The van der Waals surface area contributed by atoms with Gasteiger partial charge in [0.2, 0.25) is 11.0 Å². The van der Waals surface area contributed by atoms with Crippen molar-refractivity contribution in [3.63, 3.8) is 0 Å². The first-order chi connectivity index (χ1) is 14.7. The number of benzene rings is 2. The van der Waals surface area contributed by atoms with E-state index in [0.29, 0.717) is 16.7 Å². The van der Waals surface area contributed by atoms with Gasteiger partial charge in [-0.1, -0.05) is 47.5 Å². The molecule has 6 nitrogen and oxygen atoms in total. The fourth-order valence-corrected chi connectivity index (χ4v) is 4.31. The number of nitrogens with one attached hydrogen (secondary N) is 1. The number of aromatic nitrogens is 3. The Bertz CT molecular complexity index is 1020. The Balaban J connectivity index is 1.69. The van der Waals surface area contributed by atoms with Crippen LogP contribution in [0.15, 0.2) is 52.1 Å². The minimum atomic E-state index is -0.410. The maximum Gasteiger partial charge on any atom is 0.247 e. The van der Waals surface area contributed by atoms with E-state index in [1.54, 1.807) is 18.9 Å². The van der Waals surface area contributed by atoms with Gasteiger partial charge in [-0.3, -0.25) is 0 Å². The highest BCUT2D eigenvalue weighted by molar-refractivity contribution is 9.10. The van der Waals surface area contributed by atoms with E-state index in [9.17, 15) is 0 Å². The average molecular weight is 487 g/mol. The molecule has 2 aromatic carbocycles. The molecule has 1 aliphatic heterocycles. The van der Waals surface area contributed by atoms with Gasteiger partial charge in [0, 0.05) is 27.0 Å². The molecule has 0 bridgehead atoms. The van der Waals surface area contributed by atoms with E-state index >= 15 is 0 Å². The molecule has 3 aromatic rings. The van der Waals surface area contributed by atoms with E-state index in [0.717, 1.165) is 39.2 Å². The van der Waals surface area contributed by atoms with Gasteiger partial charge in [0.15, 0.2) is 11.9 Å². The van der Waals surface area contributed by atoms with Crippen LogP contribution >= 0.6 is 27.7 Å². The van der Waals surface area contributed by atoms with Crippen LogP contribution in [0.1, 0.15) is 38.0 Å². The molecule has 156 valence electrons. The number of halogens is 1. The van der Waals surface area contributed by atoms with Gasteiger partial charge in [0.05, 0.1) is 7.11 Å². The van der Waals surface area contributed by atoms with Crippen LogP contribution in [0.2, 0.25) is 0 Å². The van der Waals surface area contributed by atoms with Crippen LogP contribution in [0.4, 0.5) is 5.69 Å². The summed E-state index contributed by atoms with van der Waals surface area (Å²) in [5, 5.41) is 12.9. The van der Waals surface area contributed by atoms with Crippen LogP contribution in [-0.2, 0) is 0 Å². The lowest BCUT2D eigenvalue weighted by atomic mass is 10.1. The third-order valence-electron chi connectivity index (χ3n) is 4.79. The van der Waals surface area contributed by atoms with E-state index in [1.807, 2.05) is 42.5 Å². The Morgan fingerprint density at radius 3 is 2.73 bits per heavy atom. The van der Waals surface area contributed by atoms with Crippen molar-refractivity contribution in [2.75, 3.05) is 18.2 Å². The van der Waals surface area contributed by atoms with Crippen LogP contribution in [0.3, 0.4) is 0 Å². The second-order valence-electron chi connectivity index (χ2n) is 6.91. The van der Waals surface area contributed by atoms with Gasteiger partial charge in [-0.15, -0.1) is 10.2 Å². The standard InChI is InChI=1S/C22H23BrN4O2S/c1-3-4-5-12-30-22-25-21-19(26-27-22)17-13-15(23)8-11-18(17)24-20(29-21)14-6-9-16(28-2)10-7-14/h6-11,13,20,24H,3-5,12H2,1-2H3/t20-/m0/s1. The molecule has 0 amide bonds. The van der Waals surface area contributed by atoms with E-state index in [4.69, 9.17) is 14.5 Å². The van der Waals surface area contributed by atoms with E-state index in [1.165, 1.54) is 12.8 Å². The number of methoxy groups -OCH3 is 1. The molecule has 8 heteroatoms. The number of hydrogen-bond donors (Lipinski definition) is 1. The van der Waals surface area contributed by atoms with E-state index in [2.05, 4.69) is 38.4 Å². The smallest absolute Gasteiger partial charge is 0.247 e. The first-order valence-electron chi connectivity index (χ1n) is 9.92. The normalized spacial score (nSPS) is 14.7. The summed E-state index contributed by atoms with van der Waals surface area (Å²) >= 11 is 5.17. The van der Waals surface area contributed by atoms with E-state index < -0.39 is 6.23 Å². The topological polar surface area (TPSA) is 69.2 Å². The van der Waals surface area contributed by atoms with Gasteiger partial charge in [0.1, 0.15) is 5.75 Å². The monoisotopic (exact) mass is 486 g/mol. The fraction of sp³-hybridized carbons (Fsp3) is 0.318. The molecule has 0 saturated carbocycles. The molecule has 2 heterocycles. The first kappa shape index (κ1) is 20.9. The SMILES string of the molecule is CCCCCSc1nnc2c(n1)O[C@@H](c1ccc(OC)cc1)Nc1ccc(Br)cc1-2. The largest absolute Gasteiger partial charge is 0.497 e. The highest BCUT2D eigenvalue weighted by Crippen LogP contribution is 2.41. The Morgan fingerprint density at radius 2 is 1.97 bits per heavy atom. The van der Waals surface area contributed by atoms with E-state index in [-0.39, 0.29) is 0 Å². The molecule has 0 unspecified atom stereocenters. The Morgan fingerprint density at radius 1 is 1.13 bits per heavy atom. The molecule has 1 aromatic heterocycles. The van der Waals surface area contributed by atoms with Gasteiger partial charge in [-0.25, -0.2) is 0 Å². The Hall–Kier alpha value is -2.32. The molecular weight excluding hydrogens is 464 g/mol. The predicted molar refractivity (Wildman–Crippen MR) is 123 cm³/mol. The summed E-state index contributed by atoms with van der Waals surface area (Å²) in [5.74, 6) is 2.25.